The quantitative estimate of drug-likeness (QED) is 0.720. The number of aromatic nitrogens is 3. The smallest absolute Gasteiger partial charge is 0.353 e. The van der Waals surface area contributed by atoms with Crippen LogP contribution < -0.4 is 10.4 Å². The molecule has 0 bridgehead atoms. The van der Waals surface area contributed by atoms with Gasteiger partial charge in [0.05, 0.1) is 12.8 Å². The summed E-state index contributed by atoms with van der Waals surface area (Å²) in [6.07, 6.45) is 0. The molecule has 0 aliphatic carbocycles. The van der Waals surface area contributed by atoms with Crippen LogP contribution >= 0.6 is 0 Å². The van der Waals surface area contributed by atoms with E-state index in [4.69, 9.17) is 4.74 Å². The van der Waals surface area contributed by atoms with Crippen molar-refractivity contribution in [1.29, 1.82) is 0 Å². The second-order valence-corrected chi connectivity index (χ2v) is 3.08. The Morgan fingerprint density at radius 3 is 2.47 bits per heavy atom. The Kier molecular flexibility index (Phi) is 2.29. The molecule has 1 aromatic heterocycles. The highest BCUT2D eigenvalue weighted by Gasteiger charge is 2.10. The molecule has 0 amide bonds. The number of benzene rings is 1. The van der Waals surface area contributed by atoms with Crippen molar-refractivity contribution in [2.75, 3.05) is 7.11 Å². The molecule has 0 fully saturated rings. The molecule has 1 heterocycles. The van der Waals surface area contributed by atoms with Crippen LogP contribution in [0.5, 0.6) is 6.01 Å². The number of hydrogen-bond acceptors (Lipinski definition) is 3. The second-order valence-electron chi connectivity index (χ2n) is 3.08. The van der Waals surface area contributed by atoms with Gasteiger partial charge in [0.15, 0.2) is 0 Å². The van der Waals surface area contributed by atoms with Crippen LogP contribution in [0.4, 0.5) is 0 Å². The zero-order valence-corrected chi connectivity index (χ0v) is 8.54. The predicted octanol–water partition coefficient (Wildman–Crippen LogP) is 0.580. The molecule has 0 saturated heterocycles. The van der Waals surface area contributed by atoms with Gasteiger partial charge in [0.2, 0.25) is 0 Å². The maximum absolute atomic E-state index is 11.7. The molecular formula is C10H11N3O2. The number of para-hydroxylation sites is 1. The summed E-state index contributed by atoms with van der Waals surface area (Å²) >= 11 is 0. The Bertz CT molecular complexity index is 513. The Morgan fingerprint density at radius 2 is 1.93 bits per heavy atom. The highest BCUT2D eigenvalue weighted by atomic mass is 16.5. The first-order valence-corrected chi connectivity index (χ1v) is 4.49. The summed E-state index contributed by atoms with van der Waals surface area (Å²) in [5.74, 6) is 0. The molecule has 0 aliphatic rings. The van der Waals surface area contributed by atoms with E-state index >= 15 is 0 Å². The van der Waals surface area contributed by atoms with Gasteiger partial charge in [-0.1, -0.05) is 18.2 Å². The Labute approximate surface area is 86.5 Å². The van der Waals surface area contributed by atoms with Crippen LogP contribution in [0.15, 0.2) is 35.1 Å². The fourth-order valence-electron chi connectivity index (χ4n) is 1.33. The SMILES string of the molecule is COc1nn(-c2ccccc2)c(=O)n1C. The van der Waals surface area contributed by atoms with Crippen molar-refractivity contribution in [3.63, 3.8) is 0 Å². The standard InChI is InChI=1S/C10H11N3O2/c1-12-9(15-2)11-13(10(12)14)8-6-4-3-5-7-8/h3-7H,1-2H3. The average Bonchev–Trinajstić information content (AvgIpc) is 2.57. The molecule has 15 heavy (non-hydrogen) atoms. The average molecular weight is 205 g/mol. The van der Waals surface area contributed by atoms with Crippen LogP contribution in [0.1, 0.15) is 0 Å². The van der Waals surface area contributed by atoms with Crippen molar-refractivity contribution in [1.82, 2.24) is 14.3 Å². The molecule has 0 unspecified atom stereocenters. The third kappa shape index (κ3) is 1.52. The third-order valence-corrected chi connectivity index (χ3v) is 2.12. The van der Waals surface area contributed by atoms with Crippen LogP contribution in [0.2, 0.25) is 0 Å². The highest BCUT2D eigenvalue weighted by Crippen LogP contribution is 2.06. The van der Waals surface area contributed by atoms with Crippen LogP contribution in [0.3, 0.4) is 0 Å². The van der Waals surface area contributed by atoms with E-state index in [2.05, 4.69) is 5.10 Å². The number of nitrogens with zero attached hydrogens (tertiary/aromatic N) is 3. The van der Waals surface area contributed by atoms with E-state index < -0.39 is 0 Å². The summed E-state index contributed by atoms with van der Waals surface area (Å²) < 4.78 is 7.62. The minimum atomic E-state index is -0.224. The number of methoxy groups -OCH3 is 1. The van der Waals surface area contributed by atoms with Gasteiger partial charge in [-0.05, 0) is 12.1 Å². The van der Waals surface area contributed by atoms with Crippen LogP contribution in [-0.2, 0) is 7.05 Å². The van der Waals surface area contributed by atoms with Gasteiger partial charge in [0.1, 0.15) is 0 Å². The van der Waals surface area contributed by atoms with Crippen molar-refractivity contribution >= 4 is 0 Å². The fourth-order valence-corrected chi connectivity index (χ4v) is 1.33. The van der Waals surface area contributed by atoms with Gasteiger partial charge >= 0.3 is 11.7 Å². The van der Waals surface area contributed by atoms with Gasteiger partial charge < -0.3 is 4.74 Å². The lowest BCUT2D eigenvalue weighted by Gasteiger charge is -1.96. The first-order chi connectivity index (χ1) is 7.24. The lowest BCUT2D eigenvalue weighted by atomic mass is 10.3. The predicted molar refractivity (Wildman–Crippen MR) is 55.4 cm³/mol. The molecule has 5 heteroatoms. The second kappa shape index (κ2) is 3.61. The first kappa shape index (κ1) is 9.51. The molecule has 2 aromatic rings. The van der Waals surface area contributed by atoms with Gasteiger partial charge in [-0.2, -0.15) is 4.68 Å². The number of rotatable bonds is 2. The lowest BCUT2D eigenvalue weighted by molar-refractivity contribution is 0.362. The third-order valence-electron chi connectivity index (χ3n) is 2.12. The fraction of sp³-hybridized carbons (Fsp3) is 0.200. The topological polar surface area (TPSA) is 49.1 Å². The van der Waals surface area contributed by atoms with Gasteiger partial charge in [-0.15, -0.1) is 5.10 Å². The zero-order valence-electron chi connectivity index (χ0n) is 8.54. The van der Waals surface area contributed by atoms with E-state index in [1.807, 2.05) is 30.3 Å². The first-order valence-electron chi connectivity index (χ1n) is 4.49. The summed E-state index contributed by atoms with van der Waals surface area (Å²) in [5, 5.41) is 4.04. The highest BCUT2D eigenvalue weighted by molar-refractivity contribution is 5.29. The summed E-state index contributed by atoms with van der Waals surface area (Å²) in [5.41, 5.74) is 0.499. The van der Waals surface area contributed by atoms with Crippen molar-refractivity contribution in [2.45, 2.75) is 0 Å². The van der Waals surface area contributed by atoms with Crippen LogP contribution in [-0.4, -0.2) is 21.5 Å². The molecule has 78 valence electrons. The molecule has 0 aliphatic heterocycles. The maximum Gasteiger partial charge on any atom is 0.353 e. The minimum Gasteiger partial charge on any atom is -0.467 e. The Morgan fingerprint density at radius 1 is 1.27 bits per heavy atom. The normalized spacial score (nSPS) is 10.3. The lowest BCUT2D eigenvalue weighted by Crippen LogP contribution is -2.21. The summed E-state index contributed by atoms with van der Waals surface area (Å²) in [6.45, 7) is 0. The minimum absolute atomic E-state index is 0.224. The molecule has 0 spiro atoms. The van der Waals surface area contributed by atoms with Gasteiger partial charge in [0, 0.05) is 7.05 Å². The molecule has 0 N–H and O–H groups in total. The Balaban J connectivity index is 2.60. The summed E-state index contributed by atoms with van der Waals surface area (Å²) in [7, 11) is 3.10. The maximum atomic E-state index is 11.7. The number of hydrogen-bond donors (Lipinski definition) is 0. The van der Waals surface area contributed by atoms with E-state index in [1.54, 1.807) is 7.05 Å². The van der Waals surface area contributed by atoms with E-state index in [0.29, 0.717) is 6.01 Å². The molecule has 0 saturated carbocycles. The van der Waals surface area contributed by atoms with Gasteiger partial charge in [-0.25, -0.2) is 9.36 Å². The number of ether oxygens (including phenoxy) is 1. The van der Waals surface area contributed by atoms with Crippen molar-refractivity contribution < 1.29 is 4.74 Å². The zero-order chi connectivity index (χ0) is 10.8. The van der Waals surface area contributed by atoms with E-state index in [-0.39, 0.29) is 5.69 Å². The van der Waals surface area contributed by atoms with Crippen LogP contribution in [0.25, 0.3) is 5.69 Å². The van der Waals surface area contributed by atoms with Crippen molar-refractivity contribution in [3.8, 4) is 11.7 Å². The summed E-state index contributed by atoms with van der Waals surface area (Å²) in [4.78, 5) is 11.7. The van der Waals surface area contributed by atoms with E-state index in [9.17, 15) is 4.79 Å². The molecule has 1 aromatic carbocycles. The molecule has 2 rings (SSSR count). The Hall–Kier alpha value is -2.04. The van der Waals surface area contributed by atoms with E-state index in [1.165, 1.54) is 16.4 Å². The molecule has 5 nitrogen and oxygen atoms in total. The van der Waals surface area contributed by atoms with Crippen molar-refractivity contribution in [3.05, 3.63) is 40.8 Å². The molecule has 0 radical (unpaired) electrons. The van der Waals surface area contributed by atoms with E-state index in [0.717, 1.165) is 5.69 Å². The monoisotopic (exact) mass is 205 g/mol. The van der Waals surface area contributed by atoms with Crippen LogP contribution in [0, 0.1) is 0 Å². The van der Waals surface area contributed by atoms with Gasteiger partial charge in [-0.3, -0.25) is 0 Å². The van der Waals surface area contributed by atoms with Crippen molar-refractivity contribution in [2.24, 2.45) is 7.05 Å². The molecular weight excluding hydrogens is 194 g/mol. The van der Waals surface area contributed by atoms with Gasteiger partial charge in [0.25, 0.3) is 0 Å². The largest absolute Gasteiger partial charge is 0.467 e. The summed E-state index contributed by atoms with van der Waals surface area (Å²) in [6, 6.07) is 9.51. The molecule has 0 atom stereocenters.